The van der Waals surface area contributed by atoms with E-state index in [0.29, 0.717) is 43.6 Å². The molecule has 0 radical (unpaired) electrons. The van der Waals surface area contributed by atoms with Crippen LogP contribution in [0.15, 0.2) is 30.5 Å². The van der Waals surface area contributed by atoms with Gasteiger partial charge in [0.05, 0.1) is 24.5 Å². The first-order valence-corrected chi connectivity index (χ1v) is 9.99. The van der Waals surface area contributed by atoms with Gasteiger partial charge < -0.3 is 19.4 Å². The first-order chi connectivity index (χ1) is 14.2. The van der Waals surface area contributed by atoms with Crippen molar-refractivity contribution in [2.24, 2.45) is 0 Å². The number of piperidine rings is 1. The Morgan fingerprint density at radius 3 is 2.62 bits per heavy atom. The van der Waals surface area contributed by atoms with E-state index in [1.165, 1.54) is 6.07 Å². The van der Waals surface area contributed by atoms with E-state index in [0.717, 1.165) is 37.7 Å². The Hall–Kier alpha value is -2.92. The maximum Gasteiger partial charge on any atom is 0.227 e. The Morgan fingerprint density at radius 2 is 1.90 bits per heavy atom. The minimum atomic E-state index is -0.332. The standard InChI is InChI=1S/C21H25FN6O/c1-26(19-5-8-24-21(25-19)28-11-13-29-14-12-28)17-6-9-27(10-7-17)20-16(15-23)3-2-4-18(20)22/h2-5,8,17H,6-7,9-14H2,1H3. The molecule has 0 unspecified atom stereocenters. The van der Waals surface area contributed by atoms with Crippen molar-refractivity contribution in [3.05, 3.63) is 41.8 Å². The number of anilines is 3. The lowest BCUT2D eigenvalue weighted by Crippen LogP contribution is -2.44. The van der Waals surface area contributed by atoms with E-state index in [1.807, 2.05) is 11.0 Å². The van der Waals surface area contributed by atoms with Crippen molar-refractivity contribution in [3.63, 3.8) is 0 Å². The Balaban J connectivity index is 1.43. The van der Waals surface area contributed by atoms with Gasteiger partial charge in [0.15, 0.2) is 0 Å². The van der Waals surface area contributed by atoms with Gasteiger partial charge in [-0.05, 0) is 31.0 Å². The van der Waals surface area contributed by atoms with Gasteiger partial charge in [0, 0.05) is 45.5 Å². The number of hydrogen-bond acceptors (Lipinski definition) is 7. The number of aromatic nitrogens is 2. The van der Waals surface area contributed by atoms with Gasteiger partial charge >= 0.3 is 0 Å². The first-order valence-electron chi connectivity index (χ1n) is 9.99. The zero-order valence-electron chi connectivity index (χ0n) is 16.6. The fourth-order valence-electron chi connectivity index (χ4n) is 4.04. The predicted octanol–water partition coefficient (Wildman–Crippen LogP) is 2.43. The van der Waals surface area contributed by atoms with Crippen molar-refractivity contribution in [1.82, 2.24) is 9.97 Å². The molecule has 2 fully saturated rings. The summed E-state index contributed by atoms with van der Waals surface area (Å²) in [4.78, 5) is 15.5. The van der Waals surface area contributed by atoms with E-state index in [4.69, 9.17) is 9.72 Å². The number of rotatable bonds is 4. The van der Waals surface area contributed by atoms with Crippen LogP contribution >= 0.6 is 0 Å². The fourth-order valence-corrected chi connectivity index (χ4v) is 4.04. The zero-order chi connectivity index (χ0) is 20.2. The summed E-state index contributed by atoms with van der Waals surface area (Å²) in [7, 11) is 2.05. The van der Waals surface area contributed by atoms with Crippen molar-refractivity contribution in [1.29, 1.82) is 5.26 Å². The minimum Gasteiger partial charge on any atom is -0.378 e. The van der Waals surface area contributed by atoms with E-state index in [2.05, 4.69) is 27.9 Å². The van der Waals surface area contributed by atoms with E-state index < -0.39 is 0 Å². The summed E-state index contributed by atoms with van der Waals surface area (Å²) in [5.74, 6) is 1.30. The van der Waals surface area contributed by atoms with Crippen LogP contribution < -0.4 is 14.7 Å². The fraction of sp³-hybridized carbons (Fsp3) is 0.476. The molecular formula is C21H25FN6O. The second kappa shape index (κ2) is 8.62. The van der Waals surface area contributed by atoms with Gasteiger partial charge in [-0.2, -0.15) is 10.2 Å². The van der Waals surface area contributed by atoms with Crippen molar-refractivity contribution < 1.29 is 9.13 Å². The molecular weight excluding hydrogens is 371 g/mol. The summed E-state index contributed by atoms with van der Waals surface area (Å²) in [6.07, 6.45) is 3.54. The molecule has 3 heterocycles. The second-order valence-corrected chi connectivity index (χ2v) is 7.39. The number of morpholine rings is 1. The number of halogens is 1. The van der Waals surface area contributed by atoms with Gasteiger partial charge in [0.2, 0.25) is 5.95 Å². The van der Waals surface area contributed by atoms with Crippen molar-refractivity contribution in [3.8, 4) is 6.07 Å². The molecule has 0 saturated carbocycles. The quantitative estimate of drug-likeness (QED) is 0.786. The number of nitrogens with zero attached hydrogens (tertiary/aromatic N) is 6. The third-order valence-electron chi connectivity index (χ3n) is 5.72. The van der Waals surface area contributed by atoms with E-state index in [1.54, 1.807) is 18.3 Å². The van der Waals surface area contributed by atoms with Crippen LogP contribution in [0.1, 0.15) is 18.4 Å². The minimum absolute atomic E-state index is 0.302. The molecule has 0 amide bonds. The zero-order valence-corrected chi connectivity index (χ0v) is 16.6. The molecule has 0 bridgehead atoms. The summed E-state index contributed by atoms with van der Waals surface area (Å²) in [5, 5.41) is 9.32. The molecule has 2 aliphatic heterocycles. The largest absolute Gasteiger partial charge is 0.378 e. The average Bonchev–Trinajstić information content (AvgIpc) is 2.79. The van der Waals surface area contributed by atoms with Gasteiger partial charge in [-0.3, -0.25) is 0 Å². The van der Waals surface area contributed by atoms with Crippen LogP contribution in [0.4, 0.5) is 21.8 Å². The lowest BCUT2D eigenvalue weighted by atomic mass is 10.0. The predicted molar refractivity (Wildman–Crippen MR) is 110 cm³/mol. The van der Waals surface area contributed by atoms with Crippen LogP contribution in [0.3, 0.4) is 0 Å². The molecule has 0 spiro atoms. The Kier molecular flexibility index (Phi) is 5.76. The molecule has 8 heteroatoms. The van der Waals surface area contributed by atoms with Gasteiger partial charge in [0.1, 0.15) is 17.7 Å². The van der Waals surface area contributed by atoms with Crippen LogP contribution in [0.2, 0.25) is 0 Å². The van der Waals surface area contributed by atoms with Crippen LogP contribution in [0, 0.1) is 17.1 Å². The Bertz CT molecular complexity index is 887. The Morgan fingerprint density at radius 1 is 1.14 bits per heavy atom. The highest BCUT2D eigenvalue weighted by atomic mass is 19.1. The number of ether oxygens (including phenoxy) is 1. The lowest BCUT2D eigenvalue weighted by Gasteiger charge is -2.38. The topological polar surface area (TPSA) is 68.5 Å². The summed E-state index contributed by atoms with van der Waals surface area (Å²) in [5.41, 5.74) is 0.815. The van der Waals surface area contributed by atoms with E-state index >= 15 is 0 Å². The van der Waals surface area contributed by atoms with Crippen LogP contribution in [0.5, 0.6) is 0 Å². The van der Waals surface area contributed by atoms with Gasteiger partial charge in [-0.15, -0.1) is 0 Å². The SMILES string of the molecule is CN(c1ccnc(N2CCOCC2)n1)C1CCN(c2c(F)cccc2C#N)CC1. The first kappa shape index (κ1) is 19.4. The molecule has 152 valence electrons. The summed E-state index contributed by atoms with van der Waals surface area (Å²) < 4.78 is 19.7. The third kappa shape index (κ3) is 4.10. The molecule has 2 aliphatic rings. The van der Waals surface area contributed by atoms with Gasteiger partial charge in [-0.25, -0.2) is 9.37 Å². The average molecular weight is 396 g/mol. The van der Waals surface area contributed by atoms with Crippen molar-refractivity contribution in [2.45, 2.75) is 18.9 Å². The highest BCUT2D eigenvalue weighted by Gasteiger charge is 2.26. The van der Waals surface area contributed by atoms with Crippen LogP contribution in [0.25, 0.3) is 0 Å². The highest BCUT2D eigenvalue weighted by molar-refractivity contribution is 5.60. The summed E-state index contributed by atoms with van der Waals surface area (Å²) in [6.45, 7) is 4.40. The molecule has 2 saturated heterocycles. The second-order valence-electron chi connectivity index (χ2n) is 7.39. The van der Waals surface area contributed by atoms with Crippen molar-refractivity contribution in [2.75, 3.05) is 61.1 Å². The van der Waals surface area contributed by atoms with E-state index in [-0.39, 0.29) is 5.82 Å². The molecule has 0 aliphatic carbocycles. The number of nitriles is 1. The van der Waals surface area contributed by atoms with E-state index in [9.17, 15) is 9.65 Å². The number of para-hydroxylation sites is 1. The van der Waals surface area contributed by atoms with Crippen LogP contribution in [-0.2, 0) is 4.74 Å². The molecule has 1 aromatic carbocycles. The Labute approximate surface area is 170 Å². The molecule has 7 nitrogen and oxygen atoms in total. The third-order valence-corrected chi connectivity index (χ3v) is 5.72. The maximum absolute atomic E-state index is 14.3. The monoisotopic (exact) mass is 396 g/mol. The maximum atomic E-state index is 14.3. The molecule has 0 atom stereocenters. The summed E-state index contributed by atoms with van der Waals surface area (Å²) in [6, 6.07) is 9.01. The number of benzene rings is 1. The van der Waals surface area contributed by atoms with Gasteiger partial charge in [0.25, 0.3) is 0 Å². The number of hydrogen-bond donors (Lipinski definition) is 0. The molecule has 0 N–H and O–H groups in total. The lowest BCUT2D eigenvalue weighted by molar-refractivity contribution is 0.122. The van der Waals surface area contributed by atoms with Crippen molar-refractivity contribution >= 4 is 17.5 Å². The molecule has 2 aromatic rings. The molecule has 29 heavy (non-hydrogen) atoms. The normalized spacial score (nSPS) is 17.8. The molecule has 1 aromatic heterocycles. The molecule has 4 rings (SSSR count). The van der Waals surface area contributed by atoms with Crippen LogP contribution in [-0.4, -0.2) is 62.5 Å². The van der Waals surface area contributed by atoms with Gasteiger partial charge in [-0.1, -0.05) is 6.07 Å². The smallest absolute Gasteiger partial charge is 0.227 e. The summed E-state index contributed by atoms with van der Waals surface area (Å²) >= 11 is 0. The highest BCUT2D eigenvalue weighted by Crippen LogP contribution is 2.29.